The predicted molar refractivity (Wildman–Crippen MR) is 143 cm³/mol. The number of aromatic nitrogens is 2. The van der Waals surface area contributed by atoms with Gasteiger partial charge in [-0.15, -0.1) is 0 Å². The first-order valence-corrected chi connectivity index (χ1v) is 12.2. The molecular weight excluding hydrogens is 495 g/mol. The fourth-order valence-electron chi connectivity index (χ4n) is 4.62. The molecule has 0 bridgehead atoms. The molecule has 0 aliphatic carbocycles. The number of carbonyl (C=O) groups excluding carboxylic acids is 2. The van der Waals surface area contributed by atoms with E-state index >= 15 is 0 Å². The van der Waals surface area contributed by atoms with E-state index in [4.69, 9.17) is 28.2 Å². The number of nitrogens with zero attached hydrogens (tertiary/aromatic N) is 4. The Kier molecular flexibility index (Phi) is 6.10. The SMILES string of the molecule is CN1C(=O)C(C)(Cc2ccccc2)N(C)C(=O)C1=Cc1cccn2cc(-c3ccc(Cl)cc3Cl)nc12. The Hall–Kier alpha value is -3.61. The number of hydrogen-bond donors (Lipinski definition) is 0. The molecule has 2 aromatic carbocycles. The summed E-state index contributed by atoms with van der Waals surface area (Å²) in [6.45, 7) is 1.81. The number of rotatable bonds is 4. The smallest absolute Gasteiger partial charge is 0.271 e. The second-order valence-corrected chi connectivity index (χ2v) is 9.98. The van der Waals surface area contributed by atoms with Crippen molar-refractivity contribution in [3.8, 4) is 11.3 Å². The predicted octanol–water partition coefficient (Wildman–Crippen LogP) is 5.58. The molecule has 2 amide bonds. The molecule has 3 heterocycles. The normalized spacial score (nSPS) is 19.5. The Morgan fingerprint density at radius 1 is 1.00 bits per heavy atom. The number of likely N-dealkylation sites (N-methyl/N-ethyl adjacent to an activating group) is 2. The summed E-state index contributed by atoms with van der Waals surface area (Å²) in [6, 6.07) is 18.7. The van der Waals surface area contributed by atoms with Crippen molar-refractivity contribution in [2.45, 2.75) is 18.9 Å². The number of halogens is 2. The van der Waals surface area contributed by atoms with Crippen molar-refractivity contribution in [3.05, 3.63) is 99.9 Å². The van der Waals surface area contributed by atoms with E-state index in [9.17, 15) is 9.59 Å². The second kappa shape index (κ2) is 9.12. The molecule has 1 unspecified atom stereocenters. The van der Waals surface area contributed by atoms with Crippen LogP contribution < -0.4 is 0 Å². The van der Waals surface area contributed by atoms with Crippen LogP contribution >= 0.6 is 23.2 Å². The van der Waals surface area contributed by atoms with Crippen LogP contribution in [0.5, 0.6) is 0 Å². The topological polar surface area (TPSA) is 57.9 Å². The van der Waals surface area contributed by atoms with Crippen molar-refractivity contribution in [1.29, 1.82) is 0 Å². The summed E-state index contributed by atoms with van der Waals surface area (Å²) in [5, 5.41) is 1.04. The summed E-state index contributed by atoms with van der Waals surface area (Å²) in [6.07, 6.45) is 5.88. The van der Waals surface area contributed by atoms with Gasteiger partial charge in [-0.3, -0.25) is 9.59 Å². The van der Waals surface area contributed by atoms with Gasteiger partial charge in [0, 0.05) is 49.1 Å². The van der Waals surface area contributed by atoms with Crippen molar-refractivity contribution < 1.29 is 9.59 Å². The molecule has 1 atom stereocenters. The van der Waals surface area contributed by atoms with Gasteiger partial charge in [-0.1, -0.05) is 53.5 Å². The van der Waals surface area contributed by atoms with E-state index in [-0.39, 0.29) is 17.5 Å². The highest BCUT2D eigenvalue weighted by Crippen LogP contribution is 2.33. The third-order valence-corrected chi connectivity index (χ3v) is 7.34. The van der Waals surface area contributed by atoms with Crippen LogP contribution in [-0.4, -0.2) is 50.6 Å². The molecule has 0 saturated carbocycles. The van der Waals surface area contributed by atoms with Crippen molar-refractivity contribution in [2.75, 3.05) is 14.1 Å². The highest BCUT2D eigenvalue weighted by molar-refractivity contribution is 6.36. The standard InChI is InChI=1S/C28H24Cl2N4O2/c1-28(16-18-8-5-4-6-9-18)27(36)32(2)24(26(35)33(28)3)14-19-10-7-13-34-17-23(31-25(19)34)21-12-11-20(29)15-22(21)30/h4-15,17H,16H2,1-3H3. The van der Waals surface area contributed by atoms with Gasteiger partial charge in [0.15, 0.2) is 0 Å². The molecule has 8 heteroatoms. The Balaban J connectivity index is 1.53. The average molecular weight is 519 g/mol. The molecule has 0 radical (unpaired) electrons. The lowest BCUT2D eigenvalue weighted by Gasteiger charge is -2.45. The molecule has 1 aliphatic heterocycles. The third kappa shape index (κ3) is 4.06. The van der Waals surface area contributed by atoms with Gasteiger partial charge in [0.25, 0.3) is 11.8 Å². The summed E-state index contributed by atoms with van der Waals surface area (Å²) in [7, 11) is 3.33. The lowest BCUT2D eigenvalue weighted by Crippen LogP contribution is -2.64. The van der Waals surface area contributed by atoms with Gasteiger partial charge >= 0.3 is 0 Å². The molecule has 4 aromatic rings. The van der Waals surface area contributed by atoms with E-state index in [0.29, 0.717) is 33.4 Å². The van der Waals surface area contributed by atoms with E-state index in [2.05, 4.69) is 0 Å². The molecule has 0 spiro atoms. The molecule has 36 heavy (non-hydrogen) atoms. The van der Waals surface area contributed by atoms with Gasteiger partial charge in [0.2, 0.25) is 0 Å². The zero-order chi connectivity index (χ0) is 25.6. The minimum Gasteiger partial charge on any atom is -0.326 e. The number of hydrogen-bond acceptors (Lipinski definition) is 3. The highest BCUT2D eigenvalue weighted by atomic mass is 35.5. The minimum atomic E-state index is -0.998. The summed E-state index contributed by atoms with van der Waals surface area (Å²) in [5.74, 6) is -0.381. The van der Waals surface area contributed by atoms with Crippen LogP contribution in [0.25, 0.3) is 23.0 Å². The number of carbonyl (C=O) groups is 2. The maximum Gasteiger partial charge on any atom is 0.271 e. The molecule has 6 nitrogen and oxygen atoms in total. The number of piperazine rings is 1. The van der Waals surface area contributed by atoms with E-state index in [1.807, 2.05) is 72.2 Å². The average Bonchev–Trinajstić information content (AvgIpc) is 3.30. The fraction of sp³-hybridized carbons (Fsp3) is 0.179. The van der Waals surface area contributed by atoms with Crippen LogP contribution in [0, 0.1) is 0 Å². The van der Waals surface area contributed by atoms with Crippen LogP contribution in [-0.2, 0) is 16.0 Å². The molecule has 1 aliphatic rings. The van der Waals surface area contributed by atoms with Gasteiger partial charge in [-0.05, 0) is 48.9 Å². The van der Waals surface area contributed by atoms with Crippen molar-refractivity contribution >= 4 is 46.7 Å². The lowest BCUT2D eigenvalue weighted by atomic mass is 9.87. The van der Waals surface area contributed by atoms with Gasteiger partial charge < -0.3 is 14.2 Å². The molecular formula is C28H24Cl2N4O2. The Labute approximate surface area is 219 Å². The number of benzene rings is 2. The van der Waals surface area contributed by atoms with Gasteiger partial charge in [-0.25, -0.2) is 4.98 Å². The Bertz CT molecular complexity index is 1530. The number of fused-ring (bicyclic) bond motifs is 1. The maximum absolute atomic E-state index is 13.6. The first-order chi connectivity index (χ1) is 17.2. The van der Waals surface area contributed by atoms with Crippen LogP contribution in [0.1, 0.15) is 18.1 Å². The zero-order valence-corrected chi connectivity index (χ0v) is 21.6. The van der Waals surface area contributed by atoms with Crippen molar-refractivity contribution in [1.82, 2.24) is 19.2 Å². The maximum atomic E-state index is 13.6. The number of pyridine rings is 1. The lowest BCUT2D eigenvalue weighted by molar-refractivity contribution is -0.155. The summed E-state index contributed by atoms with van der Waals surface area (Å²) < 4.78 is 1.87. The largest absolute Gasteiger partial charge is 0.326 e. The van der Waals surface area contributed by atoms with Crippen LogP contribution in [0.15, 0.2) is 78.8 Å². The zero-order valence-electron chi connectivity index (χ0n) is 20.1. The molecule has 0 N–H and O–H groups in total. The minimum absolute atomic E-state index is 0.149. The molecule has 1 fully saturated rings. The third-order valence-electron chi connectivity index (χ3n) is 6.79. The van der Waals surface area contributed by atoms with Crippen molar-refractivity contribution in [2.24, 2.45) is 0 Å². The van der Waals surface area contributed by atoms with Gasteiger partial charge in [0.05, 0.1) is 10.7 Å². The Morgan fingerprint density at radius 3 is 2.47 bits per heavy atom. The summed E-state index contributed by atoms with van der Waals surface area (Å²) in [5.41, 5.74) is 3.05. The second-order valence-electron chi connectivity index (χ2n) is 9.14. The highest BCUT2D eigenvalue weighted by Gasteiger charge is 2.48. The molecule has 2 aromatic heterocycles. The van der Waals surface area contributed by atoms with Crippen LogP contribution in [0.4, 0.5) is 0 Å². The van der Waals surface area contributed by atoms with Crippen LogP contribution in [0.2, 0.25) is 10.0 Å². The molecule has 182 valence electrons. The van der Waals surface area contributed by atoms with E-state index in [0.717, 1.165) is 11.1 Å². The first kappa shape index (κ1) is 24.1. The van der Waals surface area contributed by atoms with Gasteiger partial charge in [0.1, 0.15) is 16.9 Å². The van der Waals surface area contributed by atoms with Crippen LogP contribution in [0.3, 0.4) is 0 Å². The monoisotopic (exact) mass is 518 g/mol. The summed E-state index contributed by atoms with van der Waals surface area (Å²) >= 11 is 12.4. The fourth-order valence-corrected chi connectivity index (χ4v) is 5.13. The van der Waals surface area contributed by atoms with E-state index < -0.39 is 5.54 Å². The number of imidazole rings is 1. The van der Waals surface area contributed by atoms with E-state index in [1.165, 1.54) is 4.90 Å². The summed E-state index contributed by atoms with van der Waals surface area (Å²) in [4.78, 5) is 34.9. The molecule has 1 saturated heterocycles. The van der Waals surface area contributed by atoms with Crippen molar-refractivity contribution in [3.63, 3.8) is 0 Å². The van der Waals surface area contributed by atoms with E-state index in [1.54, 1.807) is 37.2 Å². The molecule has 5 rings (SSSR count). The quantitative estimate of drug-likeness (QED) is 0.331. The van der Waals surface area contributed by atoms with Gasteiger partial charge in [-0.2, -0.15) is 0 Å². The first-order valence-electron chi connectivity index (χ1n) is 11.4. The number of amides is 2. The Morgan fingerprint density at radius 2 is 1.75 bits per heavy atom.